The molecule has 33 heavy (non-hydrogen) atoms. The molecule has 0 saturated heterocycles. The lowest BCUT2D eigenvalue weighted by atomic mass is 10.0. The number of hydrogen-bond acceptors (Lipinski definition) is 8. The second-order valence-electron chi connectivity index (χ2n) is 7.26. The van der Waals surface area contributed by atoms with Gasteiger partial charge in [0.05, 0.1) is 11.0 Å². The van der Waals surface area contributed by atoms with Crippen molar-refractivity contribution in [3.8, 4) is 23.7 Å². The van der Waals surface area contributed by atoms with E-state index in [0.29, 0.717) is 22.4 Å². The quantitative estimate of drug-likeness (QED) is 0.447. The van der Waals surface area contributed by atoms with Crippen LogP contribution in [0.15, 0.2) is 41.1 Å². The second-order valence-corrected chi connectivity index (χ2v) is 7.26. The van der Waals surface area contributed by atoms with Crippen molar-refractivity contribution in [2.45, 2.75) is 25.6 Å². The van der Waals surface area contributed by atoms with Gasteiger partial charge in [0.1, 0.15) is 17.3 Å². The summed E-state index contributed by atoms with van der Waals surface area (Å²) in [6.45, 7) is 1.61. The Morgan fingerprint density at radius 2 is 2.00 bits per heavy atom. The van der Waals surface area contributed by atoms with Crippen LogP contribution in [0.4, 0.5) is 19.1 Å². The van der Waals surface area contributed by atoms with Crippen molar-refractivity contribution >= 4 is 17.0 Å². The third kappa shape index (κ3) is 4.88. The Balaban J connectivity index is 1.79. The molecule has 0 aliphatic rings. The van der Waals surface area contributed by atoms with Crippen LogP contribution in [0.2, 0.25) is 0 Å². The zero-order valence-corrected chi connectivity index (χ0v) is 17.4. The maximum Gasteiger partial charge on any atom is 0.422 e. The fraction of sp³-hybridized carbons (Fsp3) is 0.238. The molecule has 4 rings (SSSR count). The molecule has 0 saturated carbocycles. The zero-order valence-electron chi connectivity index (χ0n) is 17.4. The molecule has 1 aromatic carbocycles. The molecule has 3 aromatic heterocycles. The first kappa shape index (κ1) is 22.1. The van der Waals surface area contributed by atoms with Crippen LogP contribution in [0, 0.1) is 18.8 Å². The number of nitrogens with two attached hydrogens (primary N) is 1. The Morgan fingerprint density at radius 3 is 2.67 bits per heavy atom. The molecule has 0 spiro atoms. The van der Waals surface area contributed by atoms with Crippen LogP contribution in [0.3, 0.4) is 0 Å². The number of aliphatic hydroxyl groups is 1. The largest absolute Gasteiger partial charge is 0.455 e. The summed E-state index contributed by atoms with van der Waals surface area (Å²) in [5.41, 5.74) is 5.47. The van der Waals surface area contributed by atoms with E-state index >= 15 is 0 Å². The van der Waals surface area contributed by atoms with E-state index < -0.39 is 18.4 Å². The minimum atomic E-state index is -4.56. The number of rotatable bonds is 4. The minimum absolute atomic E-state index is 0.0778. The van der Waals surface area contributed by atoms with E-state index in [1.165, 1.54) is 23.8 Å². The number of aryl methyl sites for hydroxylation is 1. The van der Waals surface area contributed by atoms with Crippen LogP contribution in [0.25, 0.3) is 16.9 Å². The fourth-order valence-corrected chi connectivity index (χ4v) is 2.94. The average Bonchev–Trinajstić information content (AvgIpc) is 3.34. The standard InChI is InChI=1S/C21H17F3N6O3/c1-12-9-16(29-33-12)20(2,31)7-5-13-3-4-14-15(10-13)30(17-6-8-26-18(25)28-17)19(27-14)32-11-21(22,23)24/h3-4,6,8-10,31H,11H2,1-2H3,(H2,25,26,28). The van der Waals surface area contributed by atoms with Crippen molar-refractivity contribution in [3.63, 3.8) is 0 Å². The molecular formula is C21H17F3N6O3. The Kier molecular flexibility index (Phi) is 5.43. The number of alkyl halides is 3. The zero-order chi connectivity index (χ0) is 23.8. The third-order valence-electron chi connectivity index (χ3n) is 4.45. The van der Waals surface area contributed by atoms with Crippen molar-refractivity contribution in [2.75, 3.05) is 12.3 Å². The molecule has 0 amide bonds. The van der Waals surface area contributed by atoms with E-state index in [1.54, 1.807) is 31.2 Å². The second kappa shape index (κ2) is 8.10. The summed E-state index contributed by atoms with van der Waals surface area (Å²) < 4.78 is 49.4. The number of imidazole rings is 1. The van der Waals surface area contributed by atoms with Crippen molar-refractivity contribution < 1.29 is 27.5 Å². The first-order chi connectivity index (χ1) is 15.5. The Morgan fingerprint density at radius 1 is 1.21 bits per heavy atom. The molecule has 0 bridgehead atoms. The summed E-state index contributed by atoms with van der Waals surface area (Å²) in [5, 5.41) is 14.4. The smallest absolute Gasteiger partial charge is 0.422 e. The van der Waals surface area contributed by atoms with Gasteiger partial charge in [-0.05, 0) is 32.0 Å². The van der Waals surface area contributed by atoms with Gasteiger partial charge in [0.15, 0.2) is 12.2 Å². The van der Waals surface area contributed by atoms with Crippen molar-refractivity contribution in [1.82, 2.24) is 24.7 Å². The summed E-state index contributed by atoms with van der Waals surface area (Å²) in [6, 6.07) is 7.45. The van der Waals surface area contributed by atoms with E-state index in [2.05, 4.69) is 31.9 Å². The third-order valence-corrected chi connectivity index (χ3v) is 4.45. The van der Waals surface area contributed by atoms with Crippen LogP contribution in [0.1, 0.15) is 23.9 Å². The molecule has 9 nitrogen and oxygen atoms in total. The molecule has 0 fully saturated rings. The van der Waals surface area contributed by atoms with Gasteiger partial charge in [-0.2, -0.15) is 23.1 Å². The van der Waals surface area contributed by atoms with Gasteiger partial charge < -0.3 is 20.1 Å². The van der Waals surface area contributed by atoms with Gasteiger partial charge in [-0.15, -0.1) is 0 Å². The van der Waals surface area contributed by atoms with Crippen LogP contribution >= 0.6 is 0 Å². The predicted octanol–water partition coefficient (Wildman–Crippen LogP) is 2.89. The number of anilines is 1. The predicted molar refractivity (Wildman–Crippen MR) is 110 cm³/mol. The Hall–Kier alpha value is -4.11. The van der Waals surface area contributed by atoms with Gasteiger partial charge in [-0.1, -0.05) is 17.0 Å². The molecule has 1 unspecified atom stereocenters. The van der Waals surface area contributed by atoms with Gasteiger partial charge in [-0.25, -0.2) is 9.55 Å². The summed E-state index contributed by atoms with van der Waals surface area (Å²) >= 11 is 0. The Bertz CT molecular complexity index is 1380. The number of hydrogen-bond donors (Lipinski definition) is 2. The van der Waals surface area contributed by atoms with E-state index in [0.717, 1.165) is 0 Å². The van der Waals surface area contributed by atoms with E-state index in [9.17, 15) is 18.3 Å². The van der Waals surface area contributed by atoms with Crippen molar-refractivity contribution in [2.24, 2.45) is 0 Å². The van der Waals surface area contributed by atoms with Crippen LogP contribution in [0.5, 0.6) is 6.01 Å². The number of nitrogen functional groups attached to an aromatic ring is 1. The monoisotopic (exact) mass is 458 g/mol. The van der Waals surface area contributed by atoms with Gasteiger partial charge in [-0.3, -0.25) is 0 Å². The molecular weight excluding hydrogens is 441 g/mol. The Labute approximate surface area is 185 Å². The maximum absolute atomic E-state index is 12.8. The van der Waals surface area contributed by atoms with Gasteiger partial charge >= 0.3 is 12.2 Å². The van der Waals surface area contributed by atoms with Crippen LogP contribution in [-0.2, 0) is 5.60 Å². The summed E-state index contributed by atoms with van der Waals surface area (Å²) in [4.78, 5) is 12.0. The molecule has 3 heterocycles. The molecule has 170 valence electrons. The highest BCUT2D eigenvalue weighted by Gasteiger charge is 2.30. The highest BCUT2D eigenvalue weighted by Crippen LogP contribution is 2.28. The van der Waals surface area contributed by atoms with E-state index in [4.69, 9.17) is 15.0 Å². The lowest BCUT2D eigenvalue weighted by Crippen LogP contribution is -2.20. The normalized spacial score (nSPS) is 13.4. The molecule has 1 atom stereocenters. The number of nitrogens with zero attached hydrogens (tertiary/aromatic N) is 5. The number of ether oxygens (including phenoxy) is 1. The van der Waals surface area contributed by atoms with Gasteiger partial charge in [0.25, 0.3) is 0 Å². The fourth-order valence-electron chi connectivity index (χ4n) is 2.94. The lowest BCUT2D eigenvalue weighted by Gasteiger charge is -2.12. The number of fused-ring (bicyclic) bond motifs is 1. The van der Waals surface area contributed by atoms with E-state index in [-0.39, 0.29) is 23.5 Å². The van der Waals surface area contributed by atoms with E-state index in [1.807, 2.05) is 0 Å². The summed E-state index contributed by atoms with van der Waals surface area (Å²) in [6.07, 6.45) is -3.20. The van der Waals surface area contributed by atoms with Crippen molar-refractivity contribution in [3.05, 3.63) is 53.5 Å². The lowest BCUT2D eigenvalue weighted by molar-refractivity contribution is -0.154. The number of halogens is 3. The molecule has 12 heteroatoms. The molecule has 0 radical (unpaired) electrons. The average molecular weight is 458 g/mol. The summed E-state index contributed by atoms with van der Waals surface area (Å²) in [5.74, 6) is 6.16. The first-order valence-corrected chi connectivity index (χ1v) is 9.52. The van der Waals surface area contributed by atoms with Crippen LogP contribution in [-0.4, -0.2) is 42.6 Å². The maximum atomic E-state index is 12.8. The molecule has 0 aliphatic heterocycles. The highest BCUT2D eigenvalue weighted by molar-refractivity contribution is 5.80. The number of aromatic nitrogens is 5. The molecule has 0 aliphatic carbocycles. The van der Waals surface area contributed by atoms with Crippen molar-refractivity contribution in [1.29, 1.82) is 0 Å². The van der Waals surface area contributed by atoms with Crippen LogP contribution < -0.4 is 10.5 Å². The first-order valence-electron chi connectivity index (χ1n) is 9.52. The number of benzene rings is 1. The minimum Gasteiger partial charge on any atom is -0.455 e. The topological polar surface area (TPSA) is 125 Å². The molecule has 3 N–H and O–H groups in total. The molecule has 4 aromatic rings. The highest BCUT2D eigenvalue weighted by atomic mass is 19.4. The van der Waals surface area contributed by atoms with Gasteiger partial charge in [0.2, 0.25) is 5.95 Å². The van der Waals surface area contributed by atoms with Gasteiger partial charge in [0, 0.05) is 23.9 Å². The SMILES string of the molecule is Cc1cc(C(C)(O)C#Cc2ccc3nc(OCC(F)(F)F)n(-c4ccnc(N)n4)c3c2)no1. The summed E-state index contributed by atoms with van der Waals surface area (Å²) in [7, 11) is 0.